The Morgan fingerprint density at radius 1 is 1.00 bits per heavy atom. The van der Waals surface area contributed by atoms with Crippen molar-refractivity contribution in [3.05, 3.63) is 0 Å². The van der Waals surface area contributed by atoms with E-state index in [4.69, 9.17) is 28.4 Å². The van der Waals surface area contributed by atoms with Crippen LogP contribution in [0.3, 0.4) is 0 Å². The topological polar surface area (TPSA) is 84.5 Å². The number of esters is 1. The molecule has 26 heavy (non-hydrogen) atoms. The van der Waals surface area contributed by atoms with E-state index in [2.05, 4.69) is 5.32 Å². The summed E-state index contributed by atoms with van der Waals surface area (Å²) >= 11 is 0. The summed E-state index contributed by atoms with van der Waals surface area (Å²) in [6.45, 7) is 13.6. The summed E-state index contributed by atoms with van der Waals surface area (Å²) in [6.07, 6.45) is -1.74. The molecule has 3 unspecified atom stereocenters. The molecule has 5 atom stereocenters. The molecule has 3 aliphatic rings. The van der Waals surface area contributed by atoms with Crippen molar-refractivity contribution in [2.75, 3.05) is 13.2 Å². The maximum absolute atomic E-state index is 12.7. The van der Waals surface area contributed by atoms with Crippen molar-refractivity contribution in [3.8, 4) is 0 Å². The standard InChI is InChI=1S/C18H31NO7/c1-16(2,3)26-15(20)12-13(10-8-21-17(4,5)24-10)23-14(19-12)11-9-22-18(6,7)25-11/h10-14,19H,8-9H2,1-7H3/t10-,11-,12?,13?,14?/m1/s1. The van der Waals surface area contributed by atoms with Crippen molar-refractivity contribution in [3.63, 3.8) is 0 Å². The molecule has 0 spiro atoms. The van der Waals surface area contributed by atoms with Crippen molar-refractivity contribution in [2.45, 2.75) is 96.2 Å². The first-order chi connectivity index (χ1) is 11.9. The molecule has 8 nitrogen and oxygen atoms in total. The van der Waals surface area contributed by atoms with Gasteiger partial charge >= 0.3 is 5.97 Å². The highest BCUT2D eigenvalue weighted by Gasteiger charge is 2.53. The number of hydrogen-bond acceptors (Lipinski definition) is 8. The van der Waals surface area contributed by atoms with E-state index < -0.39 is 35.5 Å². The lowest BCUT2D eigenvalue weighted by molar-refractivity contribution is -0.176. The number of carbonyl (C=O) groups is 1. The van der Waals surface area contributed by atoms with Gasteiger partial charge in [-0.25, -0.2) is 0 Å². The van der Waals surface area contributed by atoms with E-state index in [9.17, 15) is 4.79 Å². The number of rotatable bonds is 3. The predicted molar refractivity (Wildman–Crippen MR) is 91.2 cm³/mol. The molecule has 0 aromatic carbocycles. The summed E-state index contributed by atoms with van der Waals surface area (Å²) in [7, 11) is 0. The average molecular weight is 373 g/mol. The lowest BCUT2D eigenvalue weighted by Gasteiger charge is -2.26. The fourth-order valence-electron chi connectivity index (χ4n) is 3.37. The second-order valence-corrected chi connectivity index (χ2v) is 8.93. The van der Waals surface area contributed by atoms with Crippen LogP contribution in [0.1, 0.15) is 48.5 Å². The Morgan fingerprint density at radius 2 is 1.54 bits per heavy atom. The first-order valence-corrected chi connectivity index (χ1v) is 9.13. The SMILES string of the molecule is CC(C)(C)OC(=O)C1NC([C@H]2COC(C)(C)O2)OC1[C@H]1COC(C)(C)O1. The number of hydrogen-bond donors (Lipinski definition) is 1. The van der Waals surface area contributed by atoms with Gasteiger partial charge in [0.25, 0.3) is 0 Å². The molecule has 3 rings (SSSR count). The summed E-state index contributed by atoms with van der Waals surface area (Å²) in [5.74, 6) is -1.76. The molecule has 8 heteroatoms. The van der Waals surface area contributed by atoms with Crippen LogP contribution in [-0.2, 0) is 33.2 Å². The van der Waals surface area contributed by atoms with Gasteiger partial charge in [0.15, 0.2) is 11.6 Å². The molecule has 0 bridgehead atoms. The van der Waals surface area contributed by atoms with E-state index in [0.29, 0.717) is 13.2 Å². The number of nitrogens with one attached hydrogen (secondary N) is 1. The minimum absolute atomic E-state index is 0.324. The zero-order valence-electron chi connectivity index (χ0n) is 16.7. The molecule has 0 amide bonds. The van der Waals surface area contributed by atoms with Crippen molar-refractivity contribution in [1.29, 1.82) is 0 Å². The van der Waals surface area contributed by atoms with Crippen LogP contribution < -0.4 is 5.32 Å². The van der Waals surface area contributed by atoms with Gasteiger partial charge in [-0.05, 0) is 48.5 Å². The van der Waals surface area contributed by atoms with E-state index in [1.807, 2.05) is 48.5 Å². The minimum atomic E-state index is -0.709. The molecule has 1 N–H and O–H groups in total. The van der Waals surface area contributed by atoms with Crippen LogP contribution in [0.2, 0.25) is 0 Å². The van der Waals surface area contributed by atoms with Crippen LogP contribution in [0.4, 0.5) is 0 Å². The van der Waals surface area contributed by atoms with Gasteiger partial charge in [-0.1, -0.05) is 0 Å². The lowest BCUT2D eigenvalue weighted by atomic mass is 10.1. The monoisotopic (exact) mass is 373 g/mol. The molecule has 3 fully saturated rings. The zero-order valence-corrected chi connectivity index (χ0v) is 16.7. The fraction of sp³-hybridized carbons (Fsp3) is 0.944. The van der Waals surface area contributed by atoms with Gasteiger partial charge in [0.2, 0.25) is 0 Å². The van der Waals surface area contributed by atoms with Gasteiger partial charge in [0.1, 0.15) is 36.2 Å². The second-order valence-electron chi connectivity index (χ2n) is 8.93. The van der Waals surface area contributed by atoms with Crippen LogP contribution >= 0.6 is 0 Å². The van der Waals surface area contributed by atoms with Gasteiger partial charge in [-0.15, -0.1) is 0 Å². The Labute approximate surface area is 154 Å². The summed E-state index contributed by atoms with van der Waals surface area (Å²) in [4.78, 5) is 12.7. The predicted octanol–water partition coefficient (Wildman–Crippen LogP) is 1.31. The molecule has 3 aliphatic heterocycles. The summed E-state index contributed by atoms with van der Waals surface area (Å²) in [6, 6.07) is -0.672. The van der Waals surface area contributed by atoms with E-state index in [0.717, 1.165) is 0 Å². The summed E-state index contributed by atoms with van der Waals surface area (Å²) in [5.41, 5.74) is -0.595. The van der Waals surface area contributed by atoms with Crippen LogP contribution in [0.5, 0.6) is 0 Å². The van der Waals surface area contributed by atoms with Crippen molar-refractivity contribution < 1.29 is 33.2 Å². The van der Waals surface area contributed by atoms with Crippen molar-refractivity contribution in [2.24, 2.45) is 0 Å². The molecule has 0 aromatic rings. The Balaban J connectivity index is 1.74. The van der Waals surface area contributed by atoms with Gasteiger partial charge in [-0.3, -0.25) is 10.1 Å². The van der Waals surface area contributed by atoms with Gasteiger partial charge in [0.05, 0.1) is 13.2 Å². The minimum Gasteiger partial charge on any atom is -0.459 e. The Bertz CT molecular complexity index is 542. The average Bonchev–Trinajstić information content (AvgIpc) is 3.13. The van der Waals surface area contributed by atoms with E-state index in [1.165, 1.54) is 0 Å². The molecule has 3 saturated heterocycles. The first-order valence-electron chi connectivity index (χ1n) is 9.13. The zero-order chi connectivity index (χ0) is 19.3. The van der Waals surface area contributed by atoms with Gasteiger partial charge < -0.3 is 28.4 Å². The number of ether oxygens (including phenoxy) is 6. The maximum atomic E-state index is 12.7. The molecule has 0 aromatic heterocycles. The fourth-order valence-corrected chi connectivity index (χ4v) is 3.37. The highest BCUT2D eigenvalue weighted by Crippen LogP contribution is 2.33. The first kappa shape index (κ1) is 20.0. The summed E-state index contributed by atoms with van der Waals surface area (Å²) < 4.78 is 34.8. The normalized spacial score (nSPS) is 39.3. The number of carbonyl (C=O) groups excluding carboxylic acids is 1. The second kappa shape index (κ2) is 6.68. The molecular formula is C18H31NO7. The van der Waals surface area contributed by atoms with Crippen LogP contribution in [0, 0.1) is 0 Å². The Kier molecular flexibility index (Phi) is 5.14. The molecule has 0 radical (unpaired) electrons. The lowest BCUT2D eigenvalue weighted by Crippen LogP contribution is -2.49. The largest absolute Gasteiger partial charge is 0.459 e. The van der Waals surface area contributed by atoms with E-state index in [1.54, 1.807) is 0 Å². The third-order valence-corrected chi connectivity index (χ3v) is 4.40. The van der Waals surface area contributed by atoms with Crippen LogP contribution in [0.15, 0.2) is 0 Å². The van der Waals surface area contributed by atoms with Crippen LogP contribution in [-0.4, -0.2) is 66.9 Å². The van der Waals surface area contributed by atoms with Crippen molar-refractivity contribution >= 4 is 5.97 Å². The Hall–Kier alpha value is -0.770. The van der Waals surface area contributed by atoms with Gasteiger partial charge in [0, 0.05) is 0 Å². The third-order valence-electron chi connectivity index (χ3n) is 4.40. The van der Waals surface area contributed by atoms with Gasteiger partial charge in [-0.2, -0.15) is 0 Å². The van der Waals surface area contributed by atoms with Crippen LogP contribution in [0.25, 0.3) is 0 Å². The smallest absolute Gasteiger partial charge is 0.326 e. The quantitative estimate of drug-likeness (QED) is 0.742. The summed E-state index contributed by atoms with van der Waals surface area (Å²) in [5, 5.41) is 3.21. The molecule has 150 valence electrons. The van der Waals surface area contributed by atoms with E-state index >= 15 is 0 Å². The third kappa shape index (κ3) is 4.55. The Morgan fingerprint density at radius 3 is 2.00 bits per heavy atom. The molecule has 3 heterocycles. The highest BCUT2D eigenvalue weighted by atomic mass is 16.8. The maximum Gasteiger partial charge on any atom is 0.326 e. The van der Waals surface area contributed by atoms with E-state index in [-0.39, 0.29) is 18.2 Å². The molecular weight excluding hydrogens is 342 g/mol. The molecule has 0 saturated carbocycles. The molecule has 0 aliphatic carbocycles. The highest BCUT2D eigenvalue weighted by molar-refractivity contribution is 5.77. The van der Waals surface area contributed by atoms with Crippen molar-refractivity contribution in [1.82, 2.24) is 5.32 Å².